The Morgan fingerprint density at radius 2 is 1.81 bits per heavy atom. The van der Waals surface area contributed by atoms with Crippen molar-refractivity contribution in [2.24, 2.45) is 0 Å². The number of aryl methyl sites for hydroxylation is 1. The summed E-state index contributed by atoms with van der Waals surface area (Å²) < 4.78 is 5.37. The van der Waals surface area contributed by atoms with E-state index in [2.05, 4.69) is 23.9 Å². The van der Waals surface area contributed by atoms with Gasteiger partial charge in [-0.1, -0.05) is 12.1 Å². The number of benzene rings is 1. The highest BCUT2D eigenvalue weighted by Gasteiger charge is 2.21. The van der Waals surface area contributed by atoms with E-state index in [4.69, 9.17) is 4.74 Å². The van der Waals surface area contributed by atoms with Crippen molar-refractivity contribution in [2.45, 2.75) is 19.3 Å². The van der Waals surface area contributed by atoms with Crippen molar-refractivity contribution in [1.29, 1.82) is 0 Å². The SMILES string of the molecule is CN(C)CCN1CCN(C(=O)OCCCCc2ccc([N+](=O)[O-])cc2)CC1. The molecule has 150 valence electrons. The molecule has 8 heteroatoms. The van der Waals surface area contributed by atoms with Crippen molar-refractivity contribution in [2.75, 3.05) is 60.0 Å². The smallest absolute Gasteiger partial charge is 0.409 e. The third-order valence-corrected chi connectivity index (χ3v) is 4.73. The van der Waals surface area contributed by atoms with Gasteiger partial charge in [0.15, 0.2) is 0 Å². The largest absolute Gasteiger partial charge is 0.449 e. The summed E-state index contributed by atoms with van der Waals surface area (Å²) in [7, 11) is 4.13. The quantitative estimate of drug-likeness (QED) is 0.372. The summed E-state index contributed by atoms with van der Waals surface area (Å²) in [5, 5.41) is 10.6. The van der Waals surface area contributed by atoms with E-state index in [1.807, 2.05) is 0 Å². The van der Waals surface area contributed by atoms with Crippen LogP contribution >= 0.6 is 0 Å². The average molecular weight is 378 g/mol. The summed E-state index contributed by atoms with van der Waals surface area (Å²) >= 11 is 0. The lowest BCUT2D eigenvalue weighted by Crippen LogP contribution is -2.50. The standard InChI is InChI=1S/C19H30N4O4/c1-20(2)10-11-21-12-14-22(15-13-21)19(24)27-16-4-3-5-17-6-8-18(9-7-17)23(25)26/h6-9H,3-5,10-16H2,1-2H3. The Hall–Kier alpha value is -2.19. The lowest BCUT2D eigenvalue weighted by Gasteiger charge is -2.34. The summed E-state index contributed by atoms with van der Waals surface area (Å²) in [5.74, 6) is 0. The zero-order valence-corrected chi connectivity index (χ0v) is 16.3. The number of rotatable bonds is 9. The van der Waals surface area contributed by atoms with Crippen LogP contribution < -0.4 is 0 Å². The number of unbranched alkanes of at least 4 members (excludes halogenated alkanes) is 1. The molecule has 1 aromatic carbocycles. The predicted octanol–water partition coefficient (Wildman–Crippen LogP) is 2.23. The molecule has 1 aromatic rings. The first-order valence-electron chi connectivity index (χ1n) is 9.48. The molecule has 0 radical (unpaired) electrons. The second kappa shape index (κ2) is 10.8. The van der Waals surface area contributed by atoms with Crippen LogP contribution in [0.15, 0.2) is 24.3 Å². The number of amides is 1. The van der Waals surface area contributed by atoms with Crippen LogP contribution in [0.1, 0.15) is 18.4 Å². The number of nitro groups is 1. The molecular formula is C19H30N4O4. The van der Waals surface area contributed by atoms with Gasteiger partial charge in [-0.3, -0.25) is 15.0 Å². The van der Waals surface area contributed by atoms with Gasteiger partial charge in [-0.15, -0.1) is 0 Å². The van der Waals surface area contributed by atoms with Crippen LogP contribution in [0.2, 0.25) is 0 Å². The maximum absolute atomic E-state index is 12.1. The van der Waals surface area contributed by atoms with Crippen LogP contribution in [0, 0.1) is 10.1 Å². The normalized spacial score (nSPS) is 15.1. The number of carbonyl (C=O) groups is 1. The Balaban J connectivity index is 1.56. The number of likely N-dealkylation sites (N-methyl/N-ethyl adjacent to an activating group) is 1. The molecule has 8 nitrogen and oxygen atoms in total. The number of hydrogen-bond acceptors (Lipinski definition) is 6. The minimum Gasteiger partial charge on any atom is -0.449 e. The van der Waals surface area contributed by atoms with Gasteiger partial charge < -0.3 is 14.5 Å². The highest BCUT2D eigenvalue weighted by Crippen LogP contribution is 2.13. The number of carbonyl (C=O) groups excluding carboxylic acids is 1. The Morgan fingerprint density at radius 3 is 2.41 bits per heavy atom. The Morgan fingerprint density at radius 1 is 1.15 bits per heavy atom. The number of non-ortho nitro benzene ring substituents is 1. The van der Waals surface area contributed by atoms with Gasteiger partial charge in [0, 0.05) is 51.4 Å². The number of piperazine rings is 1. The zero-order valence-electron chi connectivity index (χ0n) is 16.3. The lowest BCUT2D eigenvalue weighted by molar-refractivity contribution is -0.384. The lowest BCUT2D eigenvalue weighted by atomic mass is 10.1. The molecule has 0 unspecified atom stereocenters. The number of nitro benzene ring substituents is 1. The Kier molecular flexibility index (Phi) is 8.47. The monoisotopic (exact) mass is 378 g/mol. The second-order valence-corrected chi connectivity index (χ2v) is 7.13. The molecule has 0 bridgehead atoms. The van der Waals surface area contributed by atoms with Crippen molar-refractivity contribution in [3.05, 3.63) is 39.9 Å². The highest BCUT2D eigenvalue weighted by atomic mass is 16.6. The molecule has 0 N–H and O–H groups in total. The van der Waals surface area contributed by atoms with E-state index >= 15 is 0 Å². The average Bonchev–Trinajstić information content (AvgIpc) is 2.66. The first kappa shape index (κ1) is 21.1. The minimum absolute atomic E-state index is 0.106. The van der Waals surface area contributed by atoms with E-state index in [1.165, 1.54) is 12.1 Å². The van der Waals surface area contributed by atoms with E-state index in [0.29, 0.717) is 6.61 Å². The van der Waals surface area contributed by atoms with E-state index < -0.39 is 4.92 Å². The maximum Gasteiger partial charge on any atom is 0.409 e. The zero-order chi connectivity index (χ0) is 19.6. The summed E-state index contributed by atoms with van der Waals surface area (Å²) in [4.78, 5) is 28.7. The fourth-order valence-electron chi connectivity index (χ4n) is 2.96. The summed E-state index contributed by atoms with van der Waals surface area (Å²) in [5.41, 5.74) is 1.16. The molecule has 2 rings (SSSR count). The van der Waals surface area contributed by atoms with Crippen molar-refractivity contribution in [3.8, 4) is 0 Å². The molecule has 1 saturated heterocycles. The molecule has 1 amide bonds. The van der Waals surface area contributed by atoms with Crippen molar-refractivity contribution in [1.82, 2.24) is 14.7 Å². The minimum atomic E-state index is -0.398. The van der Waals surface area contributed by atoms with Gasteiger partial charge in [0.1, 0.15) is 0 Å². The molecule has 1 heterocycles. The van der Waals surface area contributed by atoms with Crippen LogP contribution in [0.3, 0.4) is 0 Å². The van der Waals surface area contributed by atoms with Crippen LogP contribution in [-0.2, 0) is 11.2 Å². The molecule has 27 heavy (non-hydrogen) atoms. The van der Waals surface area contributed by atoms with Gasteiger partial charge in [0.25, 0.3) is 5.69 Å². The third-order valence-electron chi connectivity index (χ3n) is 4.73. The van der Waals surface area contributed by atoms with Crippen LogP contribution in [0.5, 0.6) is 0 Å². The molecule has 0 saturated carbocycles. The number of hydrogen-bond donors (Lipinski definition) is 0. The molecule has 0 aromatic heterocycles. The van der Waals surface area contributed by atoms with E-state index in [9.17, 15) is 14.9 Å². The topological polar surface area (TPSA) is 79.2 Å². The molecular weight excluding hydrogens is 348 g/mol. The van der Waals surface area contributed by atoms with Gasteiger partial charge in [-0.2, -0.15) is 0 Å². The highest BCUT2D eigenvalue weighted by molar-refractivity contribution is 5.67. The van der Waals surface area contributed by atoms with Gasteiger partial charge in [-0.25, -0.2) is 4.79 Å². The maximum atomic E-state index is 12.1. The molecule has 1 fully saturated rings. The fraction of sp³-hybridized carbons (Fsp3) is 0.632. The Labute approximate surface area is 160 Å². The molecule has 0 aliphatic carbocycles. The number of ether oxygens (including phenoxy) is 1. The van der Waals surface area contributed by atoms with E-state index in [0.717, 1.165) is 64.1 Å². The molecule has 0 spiro atoms. The van der Waals surface area contributed by atoms with Gasteiger partial charge in [0.2, 0.25) is 0 Å². The predicted molar refractivity (Wildman–Crippen MR) is 104 cm³/mol. The van der Waals surface area contributed by atoms with Crippen LogP contribution in [-0.4, -0.2) is 85.7 Å². The Bertz CT molecular complexity index is 598. The van der Waals surface area contributed by atoms with Gasteiger partial charge in [-0.05, 0) is 38.9 Å². The fourth-order valence-corrected chi connectivity index (χ4v) is 2.96. The summed E-state index contributed by atoms with van der Waals surface area (Å²) in [6.45, 7) is 5.68. The van der Waals surface area contributed by atoms with Crippen LogP contribution in [0.25, 0.3) is 0 Å². The van der Waals surface area contributed by atoms with Gasteiger partial charge in [0.05, 0.1) is 11.5 Å². The van der Waals surface area contributed by atoms with Gasteiger partial charge >= 0.3 is 6.09 Å². The van der Waals surface area contributed by atoms with Crippen molar-refractivity contribution in [3.63, 3.8) is 0 Å². The first-order valence-corrected chi connectivity index (χ1v) is 9.48. The van der Waals surface area contributed by atoms with E-state index in [1.54, 1.807) is 17.0 Å². The van der Waals surface area contributed by atoms with Crippen molar-refractivity contribution >= 4 is 11.8 Å². The first-order chi connectivity index (χ1) is 13.0. The summed E-state index contributed by atoms with van der Waals surface area (Å²) in [6, 6.07) is 6.60. The van der Waals surface area contributed by atoms with Crippen LogP contribution in [0.4, 0.5) is 10.5 Å². The summed E-state index contributed by atoms with van der Waals surface area (Å²) in [6.07, 6.45) is 2.26. The molecule has 1 aliphatic heterocycles. The number of nitrogens with zero attached hydrogens (tertiary/aromatic N) is 4. The second-order valence-electron chi connectivity index (χ2n) is 7.13. The molecule has 1 aliphatic rings. The molecule has 0 atom stereocenters. The third kappa shape index (κ3) is 7.52. The van der Waals surface area contributed by atoms with E-state index in [-0.39, 0.29) is 11.8 Å². The van der Waals surface area contributed by atoms with Crippen molar-refractivity contribution < 1.29 is 14.5 Å².